The summed E-state index contributed by atoms with van der Waals surface area (Å²) in [6, 6.07) is 5.58. The zero-order valence-corrected chi connectivity index (χ0v) is 12.1. The molecule has 21 heavy (non-hydrogen) atoms. The second-order valence-electron chi connectivity index (χ2n) is 4.85. The van der Waals surface area contributed by atoms with Crippen molar-refractivity contribution in [3.05, 3.63) is 45.3 Å². The van der Waals surface area contributed by atoms with Gasteiger partial charge in [-0.3, -0.25) is 9.59 Å². The van der Waals surface area contributed by atoms with E-state index in [9.17, 15) is 9.59 Å². The predicted octanol–water partition coefficient (Wildman–Crippen LogP) is 2.06. The van der Waals surface area contributed by atoms with Gasteiger partial charge < -0.3 is 10.6 Å². The third-order valence-electron chi connectivity index (χ3n) is 3.36. The number of amides is 1. The zero-order valence-electron chi connectivity index (χ0n) is 11.3. The smallest absolute Gasteiger partial charge is 0.287 e. The van der Waals surface area contributed by atoms with Crippen LogP contribution in [0.15, 0.2) is 29.2 Å². The SMILES string of the molecule is Cn1ncc(Nc2ccc3c(c2)CCC(=O)N3)c(Cl)c1=O. The average Bonchev–Trinajstić information content (AvgIpc) is 2.48. The van der Waals surface area contributed by atoms with Gasteiger partial charge in [-0.1, -0.05) is 11.6 Å². The Labute approximate surface area is 125 Å². The molecule has 0 fully saturated rings. The van der Waals surface area contributed by atoms with Gasteiger partial charge in [0.15, 0.2) is 0 Å². The van der Waals surface area contributed by atoms with Crippen molar-refractivity contribution in [2.75, 3.05) is 10.6 Å². The Balaban J connectivity index is 1.91. The molecule has 1 aliphatic rings. The molecule has 1 amide bonds. The first-order valence-corrected chi connectivity index (χ1v) is 6.84. The summed E-state index contributed by atoms with van der Waals surface area (Å²) in [5, 5.41) is 9.93. The minimum atomic E-state index is -0.355. The summed E-state index contributed by atoms with van der Waals surface area (Å²) in [5.41, 5.74) is 2.77. The van der Waals surface area contributed by atoms with Gasteiger partial charge in [0.2, 0.25) is 5.91 Å². The number of hydrogen-bond donors (Lipinski definition) is 2. The molecule has 0 spiro atoms. The van der Waals surface area contributed by atoms with Crippen molar-refractivity contribution in [1.29, 1.82) is 0 Å². The van der Waals surface area contributed by atoms with E-state index in [2.05, 4.69) is 15.7 Å². The van der Waals surface area contributed by atoms with E-state index in [1.165, 1.54) is 10.9 Å². The van der Waals surface area contributed by atoms with E-state index in [4.69, 9.17) is 11.6 Å². The molecule has 7 heteroatoms. The number of benzene rings is 1. The standard InChI is InChI=1S/C14H13ClN4O2/c1-19-14(21)13(15)11(7-16-19)17-9-3-4-10-8(6-9)2-5-12(20)18-10/h3-4,6-7,17H,2,5H2,1H3,(H,18,20). The summed E-state index contributed by atoms with van der Waals surface area (Å²) in [4.78, 5) is 23.1. The van der Waals surface area contributed by atoms with Gasteiger partial charge in [-0.25, -0.2) is 4.68 Å². The molecule has 2 heterocycles. The number of aryl methyl sites for hydroxylation is 2. The van der Waals surface area contributed by atoms with E-state index in [0.29, 0.717) is 18.5 Å². The van der Waals surface area contributed by atoms with Crippen LogP contribution >= 0.6 is 11.6 Å². The van der Waals surface area contributed by atoms with Crippen molar-refractivity contribution in [2.45, 2.75) is 12.8 Å². The lowest BCUT2D eigenvalue weighted by Crippen LogP contribution is -2.20. The fraction of sp³-hybridized carbons (Fsp3) is 0.214. The van der Waals surface area contributed by atoms with Crippen LogP contribution in [-0.4, -0.2) is 15.7 Å². The molecule has 0 saturated heterocycles. The molecular weight excluding hydrogens is 292 g/mol. The van der Waals surface area contributed by atoms with Crippen LogP contribution in [0.25, 0.3) is 0 Å². The van der Waals surface area contributed by atoms with E-state index in [0.717, 1.165) is 16.9 Å². The molecule has 0 unspecified atom stereocenters. The van der Waals surface area contributed by atoms with Crippen molar-refractivity contribution < 1.29 is 4.79 Å². The minimum Gasteiger partial charge on any atom is -0.353 e. The summed E-state index contributed by atoms with van der Waals surface area (Å²) in [6.07, 6.45) is 2.68. The van der Waals surface area contributed by atoms with Crippen LogP contribution in [0.3, 0.4) is 0 Å². The first-order chi connectivity index (χ1) is 10.0. The highest BCUT2D eigenvalue weighted by Gasteiger charge is 2.15. The van der Waals surface area contributed by atoms with Crippen molar-refractivity contribution in [2.24, 2.45) is 7.05 Å². The van der Waals surface area contributed by atoms with Crippen molar-refractivity contribution >= 4 is 34.6 Å². The molecule has 2 aromatic rings. The van der Waals surface area contributed by atoms with E-state index in [1.54, 1.807) is 7.05 Å². The number of nitrogens with zero attached hydrogens (tertiary/aromatic N) is 2. The lowest BCUT2D eigenvalue weighted by molar-refractivity contribution is -0.116. The molecular formula is C14H13ClN4O2. The predicted molar refractivity (Wildman–Crippen MR) is 81.2 cm³/mol. The Morgan fingerprint density at radius 1 is 1.33 bits per heavy atom. The van der Waals surface area contributed by atoms with E-state index in [-0.39, 0.29) is 16.5 Å². The summed E-state index contributed by atoms with van der Waals surface area (Å²) < 4.78 is 1.18. The number of rotatable bonds is 2. The van der Waals surface area contributed by atoms with Gasteiger partial charge in [0.25, 0.3) is 5.56 Å². The molecule has 1 aromatic heterocycles. The fourth-order valence-corrected chi connectivity index (χ4v) is 2.43. The van der Waals surface area contributed by atoms with Gasteiger partial charge in [0, 0.05) is 24.8 Å². The van der Waals surface area contributed by atoms with Gasteiger partial charge >= 0.3 is 0 Å². The summed E-state index contributed by atoms with van der Waals surface area (Å²) >= 11 is 6.02. The molecule has 3 rings (SSSR count). The highest BCUT2D eigenvalue weighted by Crippen LogP contribution is 2.28. The first kappa shape index (κ1) is 13.6. The molecule has 0 atom stereocenters. The van der Waals surface area contributed by atoms with Crippen LogP contribution in [0.2, 0.25) is 5.02 Å². The molecule has 108 valence electrons. The number of hydrogen-bond acceptors (Lipinski definition) is 4. The van der Waals surface area contributed by atoms with Gasteiger partial charge in [0.05, 0.1) is 11.9 Å². The number of fused-ring (bicyclic) bond motifs is 1. The van der Waals surface area contributed by atoms with Gasteiger partial charge in [-0.2, -0.15) is 5.10 Å². The molecule has 0 saturated carbocycles. The number of halogens is 1. The molecule has 6 nitrogen and oxygen atoms in total. The van der Waals surface area contributed by atoms with Crippen LogP contribution in [-0.2, 0) is 18.3 Å². The minimum absolute atomic E-state index is 0.0296. The first-order valence-electron chi connectivity index (χ1n) is 6.46. The molecule has 0 aliphatic carbocycles. The highest BCUT2D eigenvalue weighted by molar-refractivity contribution is 6.33. The third-order valence-corrected chi connectivity index (χ3v) is 3.72. The van der Waals surface area contributed by atoms with Crippen LogP contribution in [0.1, 0.15) is 12.0 Å². The van der Waals surface area contributed by atoms with Crippen LogP contribution in [0.5, 0.6) is 0 Å². The van der Waals surface area contributed by atoms with E-state index in [1.807, 2.05) is 18.2 Å². The summed E-state index contributed by atoms with van der Waals surface area (Å²) in [7, 11) is 1.54. The van der Waals surface area contributed by atoms with Crippen molar-refractivity contribution in [3.63, 3.8) is 0 Å². The van der Waals surface area contributed by atoms with E-state index < -0.39 is 0 Å². The maximum absolute atomic E-state index is 11.7. The van der Waals surface area contributed by atoms with Gasteiger partial charge in [-0.05, 0) is 30.2 Å². The Hall–Kier alpha value is -2.34. The van der Waals surface area contributed by atoms with E-state index >= 15 is 0 Å². The largest absolute Gasteiger partial charge is 0.353 e. The lowest BCUT2D eigenvalue weighted by atomic mass is 10.0. The Morgan fingerprint density at radius 3 is 2.95 bits per heavy atom. The normalized spacial score (nSPS) is 13.5. The number of nitrogens with one attached hydrogen (secondary N) is 2. The number of carbonyl (C=O) groups is 1. The molecule has 0 radical (unpaired) electrons. The second-order valence-corrected chi connectivity index (χ2v) is 5.22. The highest BCUT2D eigenvalue weighted by atomic mass is 35.5. The Bertz CT molecular complexity index is 785. The van der Waals surface area contributed by atoms with Crippen LogP contribution in [0, 0.1) is 0 Å². The maximum atomic E-state index is 11.7. The number of carbonyl (C=O) groups excluding carboxylic acids is 1. The van der Waals surface area contributed by atoms with Crippen LogP contribution < -0.4 is 16.2 Å². The Morgan fingerprint density at radius 2 is 2.14 bits per heavy atom. The molecule has 1 aliphatic heterocycles. The third kappa shape index (κ3) is 2.62. The number of aromatic nitrogens is 2. The van der Waals surface area contributed by atoms with Crippen molar-refractivity contribution in [1.82, 2.24) is 9.78 Å². The van der Waals surface area contributed by atoms with Crippen LogP contribution in [0.4, 0.5) is 17.1 Å². The molecule has 1 aromatic carbocycles. The summed E-state index contributed by atoms with van der Waals surface area (Å²) in [6.45, 7) is 0. The topological polar surface area (TPSA) is 76.0 Å². The van der Waals surface area contributed by atoms with Gasteiger partial charge in [0.1, 0.15) is 5.02 Å². The quantitative estimate of drug-likeness (QED) is 0.890. The van der Waals surface area contributed by atoms with Gasteiger partial charge in [-0.15, -0.1) is 0 Å². The maximum Gasteiger partial charge on any atom is 0.287 e. The fourth-order valence-electron chi connectivity index (χ4n) is 2.21. The lowest BCUT2D eigenvalue weighted by Gasteiger charge is -2.18. The molecule has 0 bridgehead atoms. The summed E-state index contributed by atoms with van der Waals surface area (Å²) in [5.74, 6) is 0.0296. The zero-order chi connectivity index (χ0) is 15.0. The van der Waals surface area contributed by atoms with Crippen molar-refractivity contribution in [3.8, 4) is 0 Å². The molecule has 2 N–H and O–H groups in total. The number of anilines is 3. The second kappa shape index (κ2) is 5.21. The Kier molecular flexibility index (Phi) is 3.39. The average molecular weight is 305 g/mol. The monoisotopic (exact) mass is 304 g/mol.